The van der Waals surface area contributed by atoms with Crippen LogP contribution in [0.5, 0.6) is 0 Å². The zero-order valence-corrected chi connectivity index (χ0v) is 21.5. The van der Waals surface area contributed by atoms with Crippen molar-refractivity contribution < 1.29 is 22.8 Å². The van der Waals surface area contributed by atoms with Gasteiger partial charge in [-0.2, -0.15) is 13.2 Å². The summed E-state index contributed by atoms with van der Waals surface area (Å²) in [4.78, 5) is 30.6. The molecular weight excluding hydrogens is 481 g/mol. The van der Waals surface area contributed by atoms with Crippen LogP contribution in [0.4, 0.5) is 13.2 Å². The lowest BCUT2D eigenvalue weighted by Gasteiger charge is -2.32. The van der Waals surface area contributed by atoms with Crippen molar-refractivity contribution >= 4 is 17.4 Å². The quantitative estimate of drug-likeness (QED) is 0.362. The minimum absolute atomic E-state index is 0.0401. The van der Waals surface area contributed by atoms with Crippen LogP contribution >= 0.6 is 0 Å². The number of alkyl halides is 3. The van der Waals surface area contributed by atoms with Crippen molar-refractivity contribution in [1.29, 1.82) is 5.41 Å². The molecule has 1 fully saturated rings. The number of Topliss-reactive ketones (excluding diaryl/α,β-unsaturated/α-hetero) is 1. The van der Waals surface area contributed by atoms with Crippen LogP contribution in [0.1, 0.15) is 69.4 Å². The number of hydrogen-bond acceptors (Lipinski definition) is 5. The highest BCUT2D eigenvalue weighted by molar-refractivity contribution is 6.42. The Balaban J connectivity index is 1.89. The molecule has 6 nitrogen and oxygen atoms in total. The summed E-state index contributed by atoms with van der Waals surface area (Å²) < 4.78 is 39.7. The van der Waals surface area contributed by atoms with Gasteiger partial charge in [0.2, 0.25) is 5.91 Å². The fourth-order valence-electron chi connectivity index (χ4n) is 4.90. The van der Waals surface area contributed by atoms with Crippen molar-refractivity contribution in [2.24, 2.45) is 5.92 Å². The number of nitrogens with zero attached hydrogens (tertiary/aromatic N) is 1. The summed E-state index contributed by atoms with van der Waals surface area (Å²) in [7, 11) is 1.67. The maximum atomic E-state index is 13.7. The summed E-state index contributed by atoms with van der Waals surface area (Å²) in [5.41, 5.74) is 0.520. The Morgan fingerprint density at radius 3 is 2.43 bits per heavy atom. The predicted octanol–water partition coefficient (Wildman–Crippen LogP) is 5.52. The van der Waals surface area contributed by atoms with E-state index in [0.717, 1.165) is 44.2 Å². The van der Waals surface area contributed by atoms with E-state index in [1.807, 2.05) is 6.92 Å². The van der Waals surface area contributed by atoms with E-state index in [-0.39, 0.29) is 17.5 Å². The van der Waals surface area contributed by atoms with Crippen LogP contribution in [0.25, 0.3) is 11.1 Å². The molecule has 37 heavy (non-hydrogen) atoms. The van der Waals surface area contributed by atoms with Crippen molar-refractivity contribution in [3.8, 4) is 11.1 Å². The number of rotatable bonds is 10. The summed E-state index contributed by atoms with van der Waals surface area (Å²) in [6.45, 7) is 3.56. The number of aromatic nitrogens is 1. The number of carbonyl (C=O) groups is 2. The van der Waals surface area contributed by atoms with E-state index in [1.54, 1.807) is 32.3 Å². The van der Waals surface area contributed by atoms with Gasteiger partial charge in [-0.05, 0) is 68.5 Å². The van der Waals surface area contributed by atoms with Crippen LogP contribution in [-0.4, -0.2) is 41.5 Å². The van der Waals surface area contributed by atoms with Crippen LogP contribution in [0.15, 0.2) is 42.7 Å². The lowest BCUT2D eigenvalue weighted by Crippen LogP contribution is -2.53. The van der Waals surface area contributed by atoms with Gasteiger partial charge in [-0.1, -0.05) is 38.3 Å². The lowest BCUT2D eigenvalue weighted by atomic mass is 9.78. The van der Waals surface area contributed by atoms with Gasteiger partial charge in [0.1, 0.15) is 0 Å². The molecule has 1 aromatic carbocycles. The molecule has 0 saturated heterocycles. The highest BCUT2D eigenvalue weighted by Gasteiger charge is 2.36. The highest BCUT2D eigenvalue weighted by Crippen LogP contribution is 2.34. The third-order valence-electron chi connectivity index (χ3n) is 7.23. The van der Waals surface area contributed by atoms with Crippen LogP contribution < -0.4 is 10.6 Å². The molecule has 1 aromatic heterocycles. The molecule has 0 radical (unpaired) electrons. The topological polar surface area (TPSA) is 94.9 Å². The van der Waals surface area contributed by atoms with E-state index in [9.17, 15) is 22.8 Å². The fraction of sp³-hybridized carbons (Fsp3) is 0.500. The van der Waals surface area contributed by atoms with Gasteiger partial charge in [0.15, 0.2) is 5.78 Å². The summed E-state index contributed by atoms with van der Waals surface area (Å²) >= 11 is 0. The summed E-state index contributed by atoms with van der Waals surface area (Å²) in [6.07, 6.45) is 3.62. The minimum Gasteiger partial charge on any atom is -0.344 e. The molecule has 3 N–H and O–H groups in total. The zero-order chi connectivity index (χ0) is 27.2. The van der Waals surface area contributed by atoms with Gasteiger partial charge >= 0.3 is 6.18 Å². The molecule has 1 aliphatic carbocycles. The smallest absolute Gasteiger partial charge is 0.344 e. The van der Waals surface area contributed by atoms with Crippen molar-refractivity contribution in [3.05, 3.63) is 53.9 Å². The lowest BCUT2D eigenvalue weighted by molar-refractivity contribution is -0.137. The maximum Gasteiger partial charge on any atom is 0.416 e. The second kappa shape index (κ2) is 12.4. The Labute approximate surface area is 216 Å². The van der Waals surface area contributed by atoms with E-state index >= 15 is 0 Å². The molecule has 1 heterocycles. The van der Waals surface area contributed by atoms with E-state index in [0.29, 0.717) is 23.1 Å². The van der Waals surface area contributed by atoms with Gasteiger partial charge in [0.05, 0.1) is 23.4 Å². The van der Waals surface area contributed by atoms with Gasteiger partial charge < -0.3 is 16.0 Å². The number of benzene rings is 1. The molecular formula is C28H35F3N4O2. The largest absolute Gasteiger partial charge is 0.416 e. The number of carbonyl (C=O) groups excluding carboxylic acids is 2. The normalized spacial score (nSPS) is 17.0. The number of ketones is 1. The minimum atomic E-state index is -4.47. The molecule has 3 rings (SSSR count). The zero-order valence-electron chi connectivity index (χ0n) is 21.5. The molecule has 2 aromatic rings. The van der Waals surface area contributed by atoms with E-state index in [1.165, 1.54) is 12.3 Å². The van der Waals surface area contributed by atoms with E-state index < -0.39 is 35.5 Å². The van der Waals surface area contributed by atoms with Crippen LogP contribution in [0.3, 0.4) is 0 Å². The van der Waals surface area contributed by atoms with E-state index in [2.05, 4.69) is 15.6 Å². The SMILES string of the molecule is CC[C@H](C(=N)C(=O)[C@@H](NC(=O)[C@H](C)NC)C1CCCCC1)c1cncc(-c2cccc(C(F)(F)F)c2)c1. The number of amides is 1. The second-order valence-corrected chi connectivity index (χ2v) is 9.72. The molecule has 1 aliphatic rings. The van der Waals surface area contributed by atoms with Crippen molar-refractivity contribution in [3.63, 3.8) is 0 Å². The first-order valence-corrected chi connectivity index (χ1v) is 12.8. The number of hydrogen-bond donors (Lipinski definition) is 3. The van der Waals surface area contributed by atoms with Crippen molar-refractivity contribution in [2.45, 2.75) is 76.6 Å². The molecule has 0 spiro atoms. The molecule has 9 heteroatoms. The fourth-order valence-corrected chi connectivity index (χ4v) is 4.90. The third kappa shape index (κ3) is 7.03. The molecule has 0 aliphatic heterocycles. The third-order valence-corrected chi connectivity index (χ3v) is 7.23. The van der Waals surface area contributed by atoms with E-state index in [4.69, 9.17) is 5.41 Å². The Morgan fingerprint density at radius 1 is 1.11 bits per heavy atom. The Hall–Kier alpha value is -3.07. The maximum absolute atomic E-state index is 13.7. The molecule has 3 atom stereocenters. The number of pyridine rings is 1. The van der Waals surface area contributed by atoms with Crippen molar-refractivity contribution in [2.75, 3.05) is 7.05 Å². The molecule has 0 unspecified atom stereocenters. The molecule has 200 valence electrons. The summed E-state index contributed by atoms with van der Waals surface area (Å²) in [5, 5.41) is 14.6. The second-order valence-electron chi connectivity index (χ2n) is 9.72. The molecule has 1 amide bonds. The Morgan fingerprint density at radius 2 is 1.81 bits per heavy atom. The number of nitrogens with one attached hydrogen (secondary N) is 3. The first-order chi connectivity index (χ1) is 17.6. The van der Waals surface area contributed by atoms with Gasteiger partial charge in [-0.15, -0.1) is 0 Å². The predicted molar refractivity (Wildman–Crippen MR) is 137 cm³/mol. The Bertz CT molecular complexity index is 1110. The molecule has 1 saturated carbocycles. The average Bonchev–Trinajstić information content (AvgIpc) is 2.91. The van der Waals surface area contributed by atoms with Gasteiger partial charge in [0, 0.05) is 23.9 Å². The number of halogens is 3. The summed E-state index contributed by atoms with van der Waals surface area (Å²) in [5.74, 6) is -1.35. The monoisotopic (exact) mass is 516 g/mol. The van der Waals surface area contributed by atoms with Crippen LogP contribution in [0, 0.1) is 11.3 Å². The van der Waals surface area contributed by atoms with Gasteiger partial charge in [0.25, 0.3) is 0 Å². The highest BCUT2D eigenvalue weighted by atomic mass is 19.4. The average molecular weight is 517 g/mol. The Kier molecular flexibility index (Phi) is 9.59. The standard InChI is InChI=1S/C28H35F3N4O2/c1-4-23(21-13-20(15-34-16-21)19-11-8-12-22(14-19)28(29,30)31)24(32)26(36)25(18-9-6-5-7-10-18)35-27(37)17(2)33-3/h8,11-18,23,25,32-33H,4-7,9-10H2,1-3H3,(H,35,37)/t17-,23-,25-/m0/s1. The summed E-state index contributed by atoms with van der Waals surface area (Å²) in [6, 6.07) is 5.42. The van der Waals surface area contributed by atoms with Gasteiger partial charge in [-0.25, -0.2) is 0 Å². The number of likely N-dealkylation sites (N-methyl/N-ethyl adjacent to an activating group) is 1. The first kappa shape index (κ1) is 28.5. The first-order valence-electron chi connectivity index (χ1n) is 12.8. The van der Waals surface area contributed by atoms with Crippen LogP contribution in [-0.2, 0) is 15.8 Å². The van der Waals surface area contributed by atoms with Crippen molar-refractivity contribution in [1.82, 2.24) is 15.6 Å². The molecule has 0 bridgehead atoms. The van der Waals surface area contributed by atoms with Crippen LogP contribution in [0.2, 0.25) is 0 Å². The van der Waals surface area contributed by atoms with Gasteiger partial charge in [-0.3, -0.25) is 14.6 Å².